The number of likely N-dealkylation sites (N-methyl/N-ethyl adjacent to an activating group) is 1. The Kier molecular flexibility index (Phi) is 55.2. The molecule has 0 heterocycles. The third-order valence-corrected chi connectivity index (χ3v) is 12.9. The van der Waals surface area contributed by atoms with Gasteiger partial charge in [0, 0.05) is 12.8 Å². The topological polar surface area (TPSA) is 111 Å². The van der Waals surface area contributed by atoms with Crippen LogP contribution in [0.2, 0.25) is 0 Å². The van der Waals surface area contributed by atoms with Crippen LogP contribution in [0.4, 0.5) is 0 Å². The summed E-state index contributed by atoms with van der Waals surface area (Å²) in [4.78, 5) is 37.9. The van der Waals surface area contributed by atoms with Crippen LogP contribution in [0.3, 0.4) is 0 Å². The Hall–Kier alpha value is -4.89. The molecule has 0 saturated heterocycles. The van der Waals surface area contributed by atoms with E-state index in [0.717, 1.165) is 122 Å². The number of unbranched alkanes of at least 4 members (excludes halogenated alkanes) is 9. The van der Waals surface area contributed by atoms with Crippen LogP contribution in [0.1, 0.15) is 194 Å². The highest BCUT2D eigenvalue weighted by molar-refractivity contribution is 7.45. The van der Waals surface area contributed by atoms with Crippen molar-refractivity contribution in [2.75, 3.05) is 47.5 Å². The molecule has 0 aromatic rings. The van der Waals surface area contributed by atoms with Crippen LogP contribution in [0.5, 0.6) is 0 Å². The Morgan fingerprint density at radius 2 is 0.688 bits per heavy atom. The van der Waals surface area contributed by atoms with Gasteiger partial charge in [-0.15, -0.1) is 0 Å². The van der Waals surface area contributed by atoms with Crippen molar-refractivity contribution in [3.63, 3.8) is 0 Å². The normalized spacial score (nSPS) is 14.5. The van der Waals surface area contributed by atoms with Crippen molar-refractivity contribution in [2.24, 2.45) is 0 Å². The molecule has 80 heavy (non-hydrogen) atoms. The van der Waals surface area contributed by atoms with Gasteiger partial charge < -0.3 is 27.9 Å². The number of carbonyl (C=O) groups excluding carboxylic acids is 2. The summed E-state index contributed by atoms with van der Waals surface area (Å²) >= 11 is 0. The van der Waals surface area contributed by atoms with E-state index in [2.05, 4.69) is 190 Å². The van der Waals surface area contributed by atoms with Crippen molar-refractivity contribution in [1.82, 2.24) is 0 Å². The zero-order valence-corrected chi connectivity index (χ0v) is 51.6. The van der Waals surface area contributed by atoms with E-state index in [1.165, 1.54) is 25.7 Å². The fraction of sp³-hybridized carbons (Fsp3) is 0.543. The number of esters is 2. The molecule has 0 radical (unpaired) electrons. The fourth-order valence-corrected chi connectivity index (χ4v) is 8.03. The molecule has 2 atom stereocenters. The number of carbonyl (C=O) groups is 2. The number of quaternary nitrogens is 1. The minimum absolute atomic E-state index is 0.0529. The van der Waals surface area contributed by atoms with E-state index < -0.39 is 32.5 Å². The van der Waals surface area contributed by atoms with Crippen molar-refractivity contribution in [2.45, 2.75) is 200 Å². The molecular formula is C70H110NO8P. The summed E-state index contributed by atoms with van der Waals surface area (Å²) in [6.45, 7) is 3.90. The van der Waals surface area contributed by atoms with E-state index in [1.807, 2.05) is 27.2 Å². The van der Waals surface area contributed by atoms with Crippen LogP contribution >= 0.6 is 7.82 Å². The van der Waals surface area contributed by atoms with Gasteiger partial charge in [0.1, 0.15) is 19.8 Å². The summed E-state index contributed by atoms with van der Waals surface area (Å²) in [5.74, 6) is -0.930. The largest absolute Gasteiger partial charge is 0.756 e. The predicted octanol–water partition coefficient (Wildman–Crippen LogP) is 19.0. The van der Waals surface area contributed by atoms with E-state index in [0.29, 0.717) is 30.3 Å². The maximum absolute atomic E-state index is 12.8. The van der Waals surface area contributed by atoms with Crippen LogP contribution in [-0.4, -0.2) is 70.0 Å². The smallest absolute Gasteiger partial charge is 0.306 e. The van der Waals surface area contributed by atoms with E-state index in [-0.39, 0.29) is 26.1 Å². The molecule has 0 aromatic heterocycles. The molecule has 448 valence electrons. The van der Waals surface area contributed by atoms with E-state index in [9.17, 15) is 19.0 Å². The van der Waals surface area contributed by atoms with Crippen LogP contribution in [-0.2, 0) is 32.7 Å². The molecular weight excluding hydrogens is 1010 g/mol. The quantitative estimate of drug-likeness (QED) is 0.0195. The summed E-state index contributed by atoms with van der Waals surface area (Å²) in [7, 11) is 1.10. The Morgan fingerprint density at radius 1 is 0.388 bits per heavy atom. The second-order valence-electron chi connectivity index (χ2n) is 20.6. The maximum Gasteiger partial charge on any atom is 0.306 e. The number of phosphoric ester groups is 1. The second kappa shape index (κ2) is 58.8. The van der Waals surface area contributed by atoms with E-state index in [1.54, 1.807) is 0 Å². The number of nitrogens with zero attached hydrogens (tertiary/aromatic N) is 1. The average molecular weight is 1120 g/mol. The first-order chi connectivity index (χ1) is 39.0. The van der Waals surface area contributed by atoms with Crippen LogP contribution in [0, 0.1) is 0 Å². The molecule has 9 nitrogen and oxygen atoms in total. The molecule has 0 aliphatic heterocycles. The molecule has 0 aliphatic rings. The highest BCUT2D eigenvalue weighted by Gasteiger charge is 2.21. The van der Waals surface area contributed by atoms with Crippen LogP contribution < -0.4 is 4.89 Å². The molecule has 10 heteroatoms. The summed E-state index contributed by atoms with van der Waals surface area (Å²) in [5.41, 5.74) is 0. The molecule has 0 spiro atoms. The Morgan fingerprint density at radius 3 is 1.04 bits per heavy atom. The molecule has 0 N–H and O–H groups in total. The molecule has 0 rings (SSSR count). The third-order valence-electron chi connectivity index (χ3n) is 11.9. The SMILES string of the molecule is CC/C=C\C/C=C\C/C=C\C/C=C\C/C=C\C/C=C\C/C=C\C/C=C\CCCCCCCCCCC(=O)OC(COC(=O)CCC/C=C\C/C=C\C/C=C\C/C=C\C/C=C\C/C=C\C/C=C\CC)COP(=O)([O-])OCC[N+](C)(C)C. The lowest BCUT2D eigenvalue weighted by Crippen LogP contribution is -2.37. The highest BCUT2D eigenvalue weighted by Crippen LogP contribution is 2.38. The van der Waals surface area contributed by atoms with E-state index in [4.69, 9.17) is 18.5 Å². The van der Waals surface area contributed by atoms with Crippen LogP contribution in [0.15, 0.2) is 182 Å². The number of allylic oxidation sites excluding steroid dienone is 30. The Labute approximate surface area is 489 Å². The summed E-state index contributed by atoms with van der Waals surface area (Å²) in [6.07, 6.45) is 90.9. The third kappa shape index (κ3) is 62.3. The lowest BCUT2D eigenvalue weighted by Gasteiger charge is -2.28. The number of rotatable bonds is 53. The second-order valence-corrected chi connectivity index (χ2v) is 22.0. The number of hydrogen-bond donors (Lipinski definition) is 0. The summed E-state index contributed by atoms with van der Waals surface area (Å²) in [5, 5.41) is 0. The molecule has 0 saturated carbocycles. The molecule has 0 amide bonds. The Bertz CT molecular complexity index is 2000. The van der Waals surface area contributed by atoms with Gasteiger partial charge >= 0.3 is 11.9 Å². The van der Waals surface area contributed by atoms with Crippen molar-refractivity contribution in [1.29, 1.82) is 0 Å². The summed E-state index contributed by atoms with van der Waals surface area (Å²) in [6, 6.07) is 0. The van der Waals surface area contributed by atoms with Crippen molar-refractivity contribution < 1.29 is 42.1 Å². The first-order valence-electron chi connectivity index (χ1n) is 30.5. The van der Waals surface area contributed by atoms with Gasteiger partial charge in [0.25, 0.3) is 7.82 Å². The maximum atomic E-state index is 12.8. The van der Waals surface area contributed by atoms with Gasteiger partial charge in [-0.05, 0) is 128 Å². The van der Waals surface area contributed by atoms with Gasteiger partial charge in [0.15, 0.2) is 6.10 Å². The van der Waals surface area contributed by atoms with Gasteiger partial charge in [-0.25, -0.2) is 0 Å². The first-order valence-corrected chi connectivity index (χ1v) is 32.0. The van der Waals surface area contributed by atoms with Crippen LogP contribution in [0.25, 0.3) is 0 Å². The zero-order valence-electron chi connectivity index (χ0n) is 50.7. The van der Waals surface area contributed by atoms with Gasteiger partial charge in [-0.1, -0.05) is 235 Å². The number of phosphoric acid groups is 1. The van der Waals surface area contributed by atoms with Gasteiger partial charge in [0.05, 0.1) is 27.7 Å². The molecule has 0 bridgehead atoms. The van der Waals surface area contributed by atoms with Crippen molar-refractivity contribution >= 4 is 19.8 Å². The molecule has 0 aromatic carbocycles. The molecule has 2 unspecified atom stereocenters. The zero-order chi connectivity index (χ0) is 58.4. The predicted molar refractivity (Wildman–Crippen MR) is 341 cm³/mol. The van der Waals surface area contributed by atoms with Crippen molar-refractivity contribution in [3.05, 3.63) is 182 Å². The first kappa shape index (κ1) is 75.1. The Balaban J connectivity index is 4.30. The average Bonchev–Trinajstić information content (AvgIpc) is 3.42. The minimum Gasteiger partial charge on any atom is -0.756 e. The lowest BCUT2D eigenvalue weighted by molar-refractivity contribution is -0.870. The van der Waals surface area contributed by atoms with E-state index >= 15 is 0 Å². The molecule has 0 aliphatic carbocycles. The highest BCUT2D eigenvalue weighted by atomic mass is 31.2. The molecule has 0 fully saturated rings. The standard InChI is InChI=1S/C70H110NO8P/c1-6-8-10-12-14-16-18-20-22-24-26-28-30-31-32-33-34-35-36-37-38-39-41-43-45-47-49-51-53-55-57-59-61-63-70(73)79-68(67-78-80(74,75)77-65-64-71(3,4)5)66-76-69(72)62-60-58-56-54-52-50-48-46-44-42-40-29-27-25-23-21-19-17-15-13-11-9-7-2/h8-11,14-17,20-23,26-29,31-32,34-35,37-38,41-44,48,50,54,56,68H,6-7,12-13,18-19,24-25,30,33,36,39-40,45-47,49,51-53,55,57-67H2,1-5H3/b10-8-,11-9-,16-14-,17-15-,22-20-,23-21-,28-26-,29-27-,32-31-,35-34-,38-37-,43-41-,44-42-,50-48-,56-54-. The monoisotopic (exact) mass is 1120 g/mol. The van der Waals surface area contributed by atoms with Crippen molar-refractivity contribution in [3.8, 4) is 0 Å². The van der Waals surface area contributed by atoms with Gasteiger partial charge in [-0.3, -0.25) is 14.2 Å². The minimum atomic E-state index is -4.67. The fourth-order valence-electron chi connectivity index (χ4n) is 7.31. The van der Waals surface area contributed by atoms with Gasteiger partial charge in [0.2, 0.25) is 0 Å². The number of ether oxygens (including phenoxy) is 2. The summed E-state index contributed by atoms with van der Waals surface area (Å²) < 4.78 is 34.1. The number of hydrogen-bond acceptors (Lipinski definition) is 8. The lowest BCUT2D eigenvalue weighted by atomic mass is 10.1. The van der Waals surface area contributed by atoms with Gasteiger partial charge in [-0.2, -0.15) is 0 Å².